The van der Waals surface area contributed by atoms with Crippen molar-refractivity contribution in [1.29, 1.82) is 0 Å². The second-order valence-corrected chi connectivity index (χ2v) is 5.41. The SMILES string of the molecule is OC(c1cccc2c1OCCC2)c1ncccc1Br. The Morgan fingerprint density at radius 3 is 3.00 bits per heavy atom. The number of rotatable bonds is 2. The van der Waals surface area contributed by atoms with E-state index in [0.29, 0.717) is 12.3 Å². The number of aryl methyl sites for hydroxylation is 1. The van der Waals surface area contributed by atoms with Crippen LogP contribution in [0.25, 0.3) is 0 Å². The van der Waals surface area contributed by atoms with Gasteiger partial charge in [0.05, 0.1) is 12.3 Å². The maximum atomic E-state index is 10.6. The predicted molar refractivity (Wildman–Crippen MR) is 76.3 cm³/mol. The summed E-state index contributed by atoms with van der Waals surface area (Å²) in [6, 6.07) is 9.62. The molecule has 0 saturated carbocycles. The van der Waals surface area contributed by atoms with Crippen LogP contribution >= 0.6 is 15.9 Å². The van der Waals surface area contributed by atoms with Crippen molar-refractivity contribution < 1.29 is 9.84 Å². The fraction of sp³-hybridized carbons (Fsp3) is 0.267. The maximum Gasteiger partial charge on any atom is 0.128 e. The molecule has 0 saturated heterocycles. The van der Waals surface area contributed by atoms with Crippen LogP contribution in [-0.2, 0) is 6.42 Å². The van der Waals surface area contributed by atoms with Crippen LogP contribution in [0.4, 0.5) is 0 Å². The lowest BCUT2D eigenvalue weighted by Crippen LogP contribution is -2.13. The van der Waals surface area contributed by atoms with Crippen molar-refractivity contribution in [2.45, 2.75) is 18.9 Å². The molecule has 1 aliphatic rings. The van der Waals surface area contributed by atoms with Gasteiger partial charge in [-0.1, -0.05) is 18.2 Å². The third-order valence-corrected chi connectivity index (χ3v) is 3.97. The molecule has 0 bridgehead atoms. The molecule has 0 spiro atoms. The van der Waals surface area contributed by atoms with E-state index in [-0.39, 0.29) is 0 Å². The molecule has 1 unspecified atom stereocenters. The highest BCUT2D eigenvalue weighted by molar-refractivity contribution is 9.10. The molecule has 0 radical (unpaired) electrons. The molecule has 1 N–H and O–H groups in total. The Kier molecular flexibility index (Phi) is 3.53. The smallest absolute Gasteiger partial charge is 0.128 e. The summed E-state index contributed by atoms with van der Waals surface area (Å²) in [6.07, 6.45) is 2.93. The third-order valence-electron chi connectivity index (χ3n) is 3.30. The standard InChI is InChI=1S/C15H14BrNO2/c16-12-7-2-8-17-13(12)14(18)11-6-1-4-10-5-3-9-19-15(10)11/h1-2,4,6-8,14,18H,3,5,9H2. The molecule has 2 heterocycles. The van der Waals surface area contributed by atoms with Gasteiger partial charge in [-0.3, -0.25) is 4.98 Å². The van der Waals surface area contributed by atoms with Gasteiger partial charge in [0.1, 0.15) is 11.9 Å². The number of halogens is 1. The zero-order valence-electron chi connectivity index (χ0n) is 10.3. The highest BCUT2D eigenvalue weighted by atomic mass is 79.9. The first-order chi connectivity index (χ1) is 9.27. The van der Waals surface area contributed by atoms with Crippen molar-refractivity contribution in [2.24, 2.45) is 0 Å². The van der Waals surface area contributed by atoms with Crippen molar-refractivity contribution in [1.82, 2.24) is 4.98 Å². The van der Waals surface area contributed by atoms with Gasteiger partial charge in [0, 0.05) is 16.2 Å². The van der Waals surface area contributed by atoms with Crippen LogP contribution in [0.2, 0.25) is 0 Å². The zero-order chi connectivity index (χ0) is 13.2. The minimum absolute atomic E-state index is 0.616. The Bertz CT molecular complexity index is 600. The van der Waals surface area contributed by atoms with Gasteiger partial charge in [-0.2, -0.15) is 0 Å². The van der Waals surface area contributed by atoms with Crippen LogP contribution in [0.15, 0.2) is 41.0 Å². The summed E-state index contributed by atoms with van der Waals surface area (Å²) >= 11 is 3.43. The predicted octanol–water partition coefficient (Wildman–Crippen LogP) is 3.25. The Labute approximate surface area is 120 Å². The van der Waals surface area contributed by atoms with E-state index in [1.807, 2.05) is 24.3 Å². The number of aliphatic hydroxyl groups is 1. The van der Waals surface area contributed by atoms with Gasteiger partial charge < -0.3 is 9.84 Å². The normalized spacial score (nSPS) is 15.5. The quantitative estimate of drug-likeness (QED) is 0.924. The molecule has 1 atom stereocenters. The van der Waals surface area contributed by atoms with E-state index in [1.165, 1.54) is 0 Å². The lowest BCUT2D eigenvalue weighted by Gasteiger charge is -2.22. The maximum absolute atomic E-state index is 10.6. The number of fused-ring (bicyclic) bond motifs is 1. The van der Waals surface area contributed by atoms with Crippen LogP contribution in [0.3, 0.4) is 0 Å². The van der Waals surface area contributed by atoms with Gasteiger partial charge in [-0.25, -0.2) is 0 Å². The lowest BCUT2D eigenvalue weighted by atomic mass is 9.98. The zero-order valence-corrected chi connectivity index (χ0v) is 11.9. The number of benzene rings is 1. The highest BCUT2D eigenvalue weighted by Crippen LogP contribution is 2.36. The van der Waals surface area contributed by atoms with Crippen LogP contribution in [0.5, 0.6) is 5.75 Å². The van der Waals surface area contributed by atoms with Crippen molar-refractivity contribution in [3.05, 3.63) is 57.8 Å². The van der Waals surface area contributed by atoms with E-state index >= 15 is 0 Å². The molecule has 0 amide bonds. The van der Waals surface area contributed by atoms with Gasteiger partial charge in [-0.15, -0.1) is 0 Å². The Hall–Kier alpha value is -1.39. The largest absolute Gasteiger partial charge is 0.493 e. The molecule has 1 aliphatic heterocycles. The molecule has 0 aliphatic carbocycles. The van der Waals surface area contributed by atoms with E-state index in [9.17, 15) is 5.11 Å². The summed E-state index contributed by atoms with van der Waals surface area (Å²) in [4.78, 5) is 4.25. The number of para-hydroxylation sites is 1. The van der Waals surface area contributed by atoms with E-state index in [2.05, 4.69) is 27.0 Å². The van der Waals surface area contributed by atoms with E-state index in [0.717, 1.165) is 34.2 Å². The monoisotopic (exact) mass is 319 g/mol. The average molecular weight is 320 g/mol. The lowest BCUT2D eigenvalue weighted by molar-refractivity contribution is 0.202. The summed E-state index contributed by atoms with van der Waals surface area (Å²) in [6.45, 7) is 0.708. The second kappa shape index (κ2) is 5.31. The minimum Gasteiger partial charge on any atom is -0.493 e. The Morgan fingerprint density at radius 1 is 1.26 bits per heavy atom. The summed E-state index contributed by atoms with van der Waals surface area (Å²) in [5.41, 5.74) is 2.57. The first kappa shape index (κ1) is 12.6. The number of pyridine rings is 1. The van der Waals surface area contributed by atoms with Crippen LogP contribution in [-0.4, -0.2) is 16.7 Å². The number of ether oxygens (including phenoxy) is 1. The molecular formula is C15H14BrNO2. The van der Waals surface area contributed by atoms with Crippen LogP contribution < -0.4 is 4.74 Å². The first-order valence-corrected chi connectivity index (χ1v) is 7.10. The Morgan fingerprint density at radius 2 is 2.16 bits per heavy atom. The van der Waals surface area contributed by atoms with Crippen LogP contribution in [0, 0.1) is 0 Å². The fourth-order valence-corrected chi connectivity index (χ4v) is 2.85. The van der Waals surface area contributed by atoms with Crippen molar-refractivity contribution in [2.75, 3.05) is 6.61 Å². The average Bonchev–Trinajstić information content (AvgIpc) is 2.46. The van der Waals surface area contributed by atoms with E-state index in [4.69, 9.17) is 4.74 Å². The molecule has 3 nitrogen and oxygen atoms in total. The van der Waals surface area contributed by atoms with Crippen molar-refractivity contribution >= 4 is 15.9 Å². The summed E-state index contributed by atoms with van der Waals surface area (Å²) in [5.74, 6) is 0.818. The molecular weight excluding hydrogens is 306 g/mol. The summed E-state index contributed by atoms with van der Waals surface area (Å²) in [7, 11) is 0. The number of hydrogen-bond donors (Lipinski definition) is 1. The van der Waals surface area contributed by atoms with E-state index in [1.54, 1.807) is 6.20 Å². The van der Waals surface area contributed by atoms with Crippen molar-refractivity contribution in [3.8, 4) is 5.75 Å². The van der Waals surface area contributed by atoms with Gasteiger partial charge >= 0.3 is 0 Å². The number of aliphatic hydroxyl groups excluding tert-OH is 1. The van der Waals surface area contributed by atoms with Crippen LogP contribution in [0.1, 0.15) is 29.3 Å². The number of aromatic nitrogens is 1. The van der Waals surface area contributed by atoms with Gasteiger partial charge in [0.15, 0.2) is 0 Å². The summed E-state index contributed by atoms with van der Waals surface area (Å²) < 4.78 is 6.54. The van der Waals surface area contributed by atoms with Gasteiger partial charge in [0.25, 0.3) is 0 Å². The molecule has 4 heteroatoms. The molecule has 2 aromatic rings. The molecule has 1 aromatic carbocycles. The van der Waals surface area contributed by atoms with Crippen molar-refractivity contribution in [3.63, 3.8) is 0 Å². The molecule has 1 aromatic heterocycles. The molecule has 0 fully saturated rings. The van der Waals surface area contributed by atoms with Gasteiger partial charge in [0.2, 0.25) is 0 Å². The topological polar surface area (TPSA) is 42.4 Å². The Balaban J connectivity index is 2.05. The molecule has 98 valence electrons. The van der Waals surface area contributed by atoms with Gasteiger partial charge in [-0.05, 0) is 46.5 Å². The highest BCUT2D eigenvalue weighted by Gasteiger charge is 2.22. The number of nitrogens with zero attached hydrogens (tertiary/aromatic N) is 1. The molecule has 19 heavy (non-hydrogen) atoms. The minimum atomic E-state index is -0.774. The first-order valence-electron chi connectivity index (χ1n) is 6.30. The third kappa shape index (κ3) is 2.38. The summed E-state index contributed by atoms with van der Waals surface area (Å²) in [5, 5.41) is 10.6. The fourth-order valence-electron chi connectivity index (χ4n) is 2.38. The molecule has 3 rings (SSSR count). The number of hydrogen-bond acceptors (Lipinski definition) is 3. The van der Waals surface area contributed by atoms with E-state index < -0.39 is 6.10 Å². The second-order valence-electron chi connectivity index (χ2n) is 4.56.